The van der Waals surface area contributed by atoms with Crippen molar-refractivity contribution >= 4 is 17.2 Å². The minimum Gasteiger partial charge on any atom is -0.354 e. The number of nitrogens with one attached hydrogen (secondary N) is 1. The van der Waals surface area contributed by atoms with Gasteiger partial charge in [-0.15, -0.1) is 11.3 Å². The molecule has 1 aliphatic rings. The standard InChI is InChI=1S/C20H35N3OS/c1-7-15-9-8-10-23(12-15)20(5,6)14-21-17(24)11-16-13-25-18(22-16)19(2,3)4/h13,15H,7-12,14H2,1-6H3,(H,21,24). The number of hydrogen-bond donors (Lipinski definition) is 1. The van der Waals surface area contributed by atoms with Crippen molar-refractivity contribution in [1.82, 2.24) is 15.2 Å². The normalized spacial score (nSPS) is 19.8. The van der Waals surface area contributed by atoms with Crippen LogP contribution in [0.15, 0.2) is 5.38 Å². The van der Waals surface area contributed by atoms with Gasteiger partial charge in [0.05, 0.1) is 17.1 Å². The van der Waals surface area contributed by atoms with Gasteiger partial charge in [0.15, 0.2) is 0 Å². The van der Waals surface area contributed by atoms with E-state index in [1.165, 1.54) is 19.3 Å². The number of nitrogens with zero attached hydrogens (tertiary/aromatic N) is 2. The second kappa shape index (κ2) is 8.17. The minimum atomic E-state index is 0.00213. The molecule has 1 N–H and O–H groups in total. The molecular formula is C20H35N3OS. The fourth-order valence-electron chi connectivity index (χ4n) is 3.33. The molecule has 1 fully saturated rings. The van der Waals surface area contributed by atoms with Gasteiger partial charge in [0.25, 0.3) is 0 Å². The van der Waals surface area contributed by atoms with E-state index in [9.17, 15) is 4.79 Å². The lowest BCUT2D eigenvalue weighted by Crippen LogP contribution is -2.55. The summed E-state index contributed by atoms with van der Waals surface area (Å²) < 4.78 is 0. The molecule has 1 aromatic heterocycles. The highest BCUT2D eigenvalue weighted by molar-refractivity contribution is 7.09. The van der Waals surface area contributed by atoms with Crippen molar-refractivity contribution in [3.05, 3.63) is 16.1 Å². The molecule has 1 aliphatic heterocycles. The van der Waals surface area contributed by atoms with Gasteiger partial charge in [-0.05, 0) is 39.2 Å². The third kappa shape index (κ3) is 5.78. The van der Waals surface area contributed by atoms with E-state index in [4.69, 9.17) is 0 Å². The first-order chi connectivity index (χ1) is 11.6. The Morgan fingerprint density at radius 3 is 2.68 bits per heavy atom. The summed E-state index contributed by atoms with van der Waals surface area (Å²) in [6.07, 6.45) is 4.23. The van der Waals surface area contributed by atoms with Gasteiger partial charge in [-0.1, -0.05) is 34.1 Å². The number of piperidine rings is 1. The smallest absolute Gasteiger partial charge is 0.226 e. The molecule has 0 bridgehead atoms. The predicted octanol–water partition coefficient (Wildman–Crippen LogP) is 4.00. The summed E-state index contributed by atoms with van der Waals surface area (Å²) in [6.45, 7) is 16.2. The maximum Gasteiger partial charge on any atom is 0.226 e. The Morgan fingerprint density at radius 2 is 2.08 bits per heavy atom. The first-order valence-electron chi connectivity index (χ1n) is 9.58. The molecule has 25 heavy (non-hydrogen) atoms. The Kier molecular flexibility index (Phi) is 6.66. The first-order valence-corrected chi connectivity index (χ1v) is 10.5. The van der Waals surface area contributed by atoms with E-state index in [0.717, 1.165) is 29.7 Å². The third-order valence-corrected chi connectivity index (χ3v) is 6.52. The summed E-state index contributed by atoms with van der Waals surface area (Å²) in [6, 6.07) is 0. The lowest BCUT2D eigenvalue weighted by molar-refractivity contribution is -0.121. The van der Waals surface area contributed by atoms with Gasteiger partial charge >= 0.3 is 0 Å². The largest absolute Gasteiger partial charge is 0.354 e. The van der Waals surface area contributed by atoms with Crippen LogP contribution in [0.2, 0.25) is 0 Å². The second-order valence-electron chi connectivity index (χ2n) is 9.02. The highest BCUT2D eigenvalue weighted by Crippen LogP contribution is 2.26. The van der Waals surface area contributed by atoms with Crippen molar-refractivity contribution in [2.24, 2.45) is 5.92 Å². The van der Waals surface area contributed by atoms with Crippen LogP contribution >= 0.6 is 11.3 Å². The average Bonchev–Trinajstić information content (AvgIpc) is 3.02. The quantitative estimate of drug-likeness (QED) is 0.829. The van der Waals surface area contributed by atoms with E-state index in [2.05, 4.69) is 56.7 Å². The Bertz CT molecular complexity index is 574. The molecule has 4 nitrogen and oxygen atoms in total. The molecule has 5 heteroatoms. The van der Waals surface area contributed by atoms with E-state index >= 15 is 0 Å². The molecule has 1 aromatic rings. The molecule has 0 aliphatic carbocycles. The van der Waals surface area contributed by atoms with Gasteiger partial charge in [-0.25, -0.2) is 4.98 Å². The van der Waals surface area contributed by atoms with Crippen LogP contribution in [0.3, 0.4) is 0 Å². The Balaban J connectivity index is 1.85. The SMILES string of the molecule is CCC1CCCN(C(C)(C)CNC(=O)Cc2csc(C(C)(C)C)n2)C1. The van der Waals surface area contributed by atoms with Gasteiger partial charge in [0.1, 0.15) is 0 Å². The van der Waals surface area contributed by atoms with Crippen LogP contribution in [0.4, 0.5) is 0 Å². The lowest BCUT2D eigenvalue weighted by Gasteiger charge is -2.43. The van der Waals surface area contributed by atoms with Crippen LogP contribution in [0.25, 0.3) is 0 Å². The van der Waals surface area contributed by atoms with Gasteiger partial charge in [0, 0.05) is 29.4 Å². The Morgan fingerprint density at radius 1 is 1.36 bits per heavy atom. The van der Waals surface area contributed by atoms with Crippen molar-refractivity contribution in [2.75, 3.05) is 19.6 Å². The van der Waals surface area contributed by atoms with Crippen molar-refractivity contribution in [1.29, 1.82) is 0 Å². The molecule has 0 saturated carbocycles. The zero-order chi connectivity index (χ0) is 18.7. The van der Waals surface area contributed by atoms with Crippen molar-refractivity contribution in [2.45, 2.75) is 78.2 Å². The van der Waals surface area contributed by atoms with Gasteiger partial charge in [0.2, 0.25) is 5.91 Å². The van der Waals surface area contributed by atoms with Crippen LogP contribution in [0.5, 0.6) is 0 Å². The van der Waals surface area contributed by atoms with E-state index in [0.29, 0.717) is 13.0 Å². The summed E-state index contributed by atoms with van der Waals surface area (Å²) >= 11 is 1.65. The molecule has 2 heterocycles. The molecule has 1 saturated heterocycles. The van der Waals surface area contributed by atoms with Gasteiger partial charge in [-0.2, -0.15) is 0 Å². The Hall–Kier alpha value is -0.940. The molecule has 0 aromatic carbocycles. The average molecular weight is 366 g/mol. The van der Waals surface area contributed by atoms with Gasteiger partial charge in [-0.3, -0.25) is 9.69 Å². The maximum atomic E-state index is 12.4. The molecule has 0 radical (unpaired) electrons. The summed E-state index contributed by atoms with van der Waals surface area (Å²) in [7, 11) is 0. The highest BCUT2D eigenvalue weighted by atomic mass is 32.1. The van der Waals surface area contributed by atoms with Crippen molar-refractivity contribution in [3.63, 3.8) is 0 Å². The summed E-state index contributed by atoms with van der Waals surface area (Å²) in [5.41, 5.74) is 0.933. The fraction of sp³-hybridized carbons (Fsp3) is 0.800. The highest BCUT2D eigenvalue weighted by Gasteiger charge is 2.31. The zero-order valence-corrected chi connectivity index (χ0v) is 17.6. The maximum absolute atomic E-state index is 12.4. The second-order valence-corrected chi connectivity index (χ2v) is 9.88. The van der Waals surface area contributed by atoms with E-state index < -0.39 is 0 Å². The number of carbonyl (C=O) groups is 1. The predicted molar refractivity (Wildman–Crippen MR) is 106 cm³/mol. The fourth-order valence-corrected chi connectivity index (χ4v) is 4.24. The van der Waals surface area contributed by atoms with E-state index in [1.807, 2.05) is 5.38 Å². The lowest BCUT2D eigenvalue weighted by atomic mass is 9.91. The van der Waals surface area contributed by atoms with Gasteiger partial charge < -0.3 is 5.32 Å². The molecule has 2 rings (SSSR count). The summed E-state index contributed by atoms with van der Waals surface area (Å²) in [5.74, 6) is 0.873. The molecule has 142 valence electrons. The molecule has 0 spiro atoms. The molecule has 1 amide bonds. The topological polar surface area (TPSA) is 45.2 Å². The van der Waals surface area contributed by atoms with Crippen LogP contribution in [-0.4, -0.2) is 41.0 Å². The van der Waals surface area contributed by atoms with Crippen LogP contribution in [0, 0.1) is 5.92 Å². The number of aromatic nitrogens is 1. The van der Waals surface area contributed by atoms with Crippen LogP contribution < -0.4 is 5.32 Å². The number of likely N-dealkylation sites (tertiary alicyclic amines) is 1. The monoisotopic (exact) mass is 365 g/mol. The number of thiazole rings is 1. The van der Waals surface area contributed by atoms with Crippen molar-refractivity contribution < 1.29 is 4.79 Å². The molecule has 1 atom stereocenters. The number of carbonyl (C=O) groups excluding carboxylic acids is 1. The molecule has 1 unspecified atom stereocenters. The Labute approximate surface area is 157 Å². The number of amides is 1. The number of rotatable bonds is 6. The third-order valence-electron chi connectivity index (χ3n) is 5.21. The summed E-state index contributed by atoms with van der Waals surface area (Å²) in [4.78, 5) is 19.5. The zero-order valence-electron chi connectivity index (χ0n) is 16.8. The van der Waals surface area contributed by atoms with E-state index in [1.54, 1.807) is 11.3 Å². The minimum absolute atomic E-state index is 0.00213. The van der Waals surface area contributed by atoms with Crippen LogP contribution in [-0.2, 0) is 16.6 Å². The molecular weight excluding hydrogens is 330 g/mol. The van der Waals surface area contributed by atoms with Crippen molar-refractivity contribution in [3.8, 4) is 0 Å². The van der Waals surface area contributed by atoms with Crippen LogP contribution in [0.1, 0.15) is 71.5 Å². The number of hydrogen-bond acceptors (Lipinski definition) is 4. The van der Waals surface area contributed by atoms with E-state index in [-0.39, 0.29) is 16.9 Å². The summed E-state index contributed by atoms with van der Waals surface area (Å²) in [5, 5.41) is 6.24. The first kappa shape index (κ1) is 20.4.